The van der Waals surface area contributed by atoms with Crippen LogP contribution in [0.1, 0.15) is 19.8 Å². The molecule has 1 saturated carbocycles. The second-order valence-corrected chi connectivity index (χ2v) is 5.44. The predicted molar refractivity (Wildman–Crippen MR) is 64.1 cm³/mol. The van der Waals surface area contributed by atoms with Crippen LogP contribution in [0, 0.1) is 5.92 Å². The SMILES string of the molecule is CSc1c(N)nsc1NC1CC(C)C1. The Morgan fingerprint density at radius 2 is 2.29 bits per heavy atom. The standard InChI is InChI=1S/C9H15N3S2/c1-5-3-6(4-5)11-9-7(13-2)8(10)12-14-9/h5-6,11H,3-4H2,1-2H3,(H2,10,12). The lowest BCUT2D eigenvalue weighted by Gasteiger charge is -2.33. The third-order valence-electron chi connectivity index (χ3n) is 2.59. The van der Waals surface area contributed by atoms with Gasteiger partial charge in [-0.15, -0.1) is 11.8 Å². The van der Waals surface area contributed by atoms with E-state index in [9.17, 15) is 0 Å². The Bertz CT molecular complexity index is 318. The summed E-state index contributed by atoms with van der Waals surface area (Å²) in [6.07, 6.45) is 4.58. The van der Waals surface area contributed by atoms with Crippen LogP contribution in [0.25, 0.3) is 0 Å². The molecule has 3 nitrogen and oxygen atoms in total. The van der Waals surface area contributed by atoms with Gasteiger partial charge in [0.15, 0.2) is 5.82 Å². The molecule has 3 N–H and O–H groups in total. The summed E-state index contributed by atoms with van der Waals surface area (Å²) in [5.74, 6) is 1.54. The van der Waals surface area contributed by atoms with Gasteiger partial charge in [0.25, 0.3) is 0 Å². The number of hydrogen-bond donors (Lipinski definition) is 2. The first-order valence-electron chi connectivity index (χ1n) is 4.76. The van der Waals surface area contributed by atoms with E-state index in [1.165, 1.54) is 24.4 Å². The molecule has 0 atom stereocenters. The van der Waals surface area contributed by atoms with Crippen molar-refractivity contribution in [1.29, 1.82) is 0 Å². The van der Waals surface area contributed by atoms with Gasteiger partial charge >= 0.3 is 0 Å². The van der Waals surface area contributed by atoms with Crippen LogP contribution in [0.2, 0.25) is 0 Å². The molecule has 1 aromatic heterocycles. The summed E-state index contributed by atoms with van der Waals surface area (Å²) in [6, 6.07) is 0.635. The number of hydrogen-bond acceptors (Lipinski definition) is 5. The van der Waals surface area contributed by atoms with Crippen molar-refractivity contribution in [3.05, 3.63) is 0 Å². The van der Waals surface area contributed by atoms with Gasteiger partial charge in [-0.05, 0) is 36.5 Å². The summed E-state index contributed by atoms with van der Waals surface area (Å²) >= 11 is 3.14. The molecule has 2 rings (SSSR count). The van der Waals surface area contributed by atoms with E-state index >= 15 is 0 Å². The largest absolute Gasteiger partial charge is 0.382 e. The van der Waals surface area contributed by atoms with E-state index in [4.69, 9.17) is 5.73 Å². The van der Waals surface area contributed by atoms with E-state index in [1.807, 2.05) is 6.26 Å². The van der Waals surface area contributed by atoms with Crippen LogP contribution in [0.3, 0.4) is 0 Å². The topological polar surface area (TPSA) is 50.9 Å². The Labute approximate surface area is 92.6 Å². The maximum Gasteiger partial charge on any atom is 0.153 e. The Kier molecular flexibility index (Phi) is 2.88. The molecular weight excluding hydrogens is 214 g/mol. The molecular formula is C9H15N3S2. The van der Waals surface area contributed by atoms with E-state index < -0.39 is 0 Å². The van der Waals surface area contributed by atoms with Gasteiger partial charge < -0.3 is 11.1 Å². The highest BCUT2D eigenvalue weighted by atomic mass is 32.2. The number of thioether (sulfide) groups is 1. The van der Waals surface area contributed by atoms with E-state index in [1.54, 1.807) is 11.8 Å². The van der Waals surface area contributed by atoms with Crippen molar-refractivity contribution in [3.8, 4) is 0 Å². The van der Waals surface area contributed by atoms with Crippen molar-refractivity contribution >= 4 is 34.1 Å². The zero-order valence-electron chi connectivity index (χ0n) is 8.41. The second-order valence-electron chi connectivity index (χ2n) is 3.85. The van der Waals surface area contributed by atoms with Crippen molar-refractivity contribution in [2.45, 2.75) is 30.7 Å². The van der Waals surface area contributed by atoms with Crippen LogP contribution in [0.4, 0.5) is 10.8 Å². The van der Waals surface area contributed by atoms with E-state index in [2.05, 4.69) is 16.6 Å². The maximum absolute atomic E-state index is 5.75. The fourth-order valence-corrected chi connectivity index (χ4v) is 3.40. The molecule has 0 bridgehead atoms. The molecule has 0 spiro atoms. The zero-order chi connectivity index (χ0) is 10.1. The lowest BCUT2D eigenvalue weighted by Crippen LogP contribution is -2.33. The first kappa shape index (κ1) is 10.1. The Morgan fingerprint density at radius 1 is 1.57 bits per heavy atom. The van der Waals surface area contributed by atoms with Crippen LogP contribution < -0.4 is 11.1 Å². The van der Waals surface area contributed by atoms with E-state index in [0.717, 1.165) is 15.8 Å². The molecule has 1 aliphatic rings. The van der Waals surface area contributed by atoms with Crippen LogP contribution >= 0.6 is 23.3 Å². The van der Waals surface area contributed by atoms with Gasteiger partial charge in [-0.2, -0.15) is 4.37 Å². The average molecular weight is 229 g/mol. The average Bonchev–Trinajstić information content (AvgIpc) is 2.44. The molecule has 1 aliphatic carbocycles. The fraction of sp³-hybridized carbons (Fsp3) is 0.667. The lowest BCUT2D eigenvalue weighted by atomic mass is 9.82. The van der Waals surface area contributed by atoms with Crippen LogP contribution in [-0.4, -0.2) is 16.7 Å². The predicted octanol–water partition coefficient (Wildman–Crippen LogP) is 2.66. The van der Waals surface area contributed by atoms with Crippen molar-refractivity contribution in [1.82, 2.24) is 4.37 Å². The molecule has 0 amide bonds. The van der Waals surface area contributed by atoms with Crippen LogP contribution in [-0.2, 0) is 0 Å². The second kappa shape index (κ2) is 3.98. The van der Waals surface area contributed by atoms with E-state index in [-0.39, 0.29) is 0 Å². The van der Waals surface area contributed by atoms with Crippen LogP contribution in [0.5, 0.6) is 0 Å². The van der Waals surface area contributed by atoms with Gasteiger partial charge in [0, 0.05) is 6.04 Å². The molecule has 78 valence electrons. The van der Waals surface area contributed by atoms with Gasteiger partial charge in [0.1, 0.15) is 5.00 Å². The van der Waals surface area contributed by atoms with Gasteiger partial charge in [0.05, 0.1) is 4.90 Å². The van der Waals surface area contributed by atoms with Gasteiger partial charge in [-0.1, -0.05) is 6.92 Å². The number of nitrogens with two attached hydrogens (primary N) is 1. The minimum absolute atomic E-state index is 0.635. The first-order chi connectivity index (χ1) is 6.70. The van der Waals surface area contributed by atoms with Crippen LogP contribution in [0.15, 0.2) is 4.90 Å². The third kappa shape index (κ3) is 1.83. The highest BCUT2D eigenvalue weighted by Gasteiger charge is 2.26. The van der Waals surface area contributed by atoms with E-state index in [0.29, 0.717) is 11.9 Å². The molecule has 0 saturated heterocycles. The molecule has 5 heteroatoms. The summed E-state index contributed by atoms with van der Waals surface area (Å²) in [5, 5.41) is 4.65. The fourth-order valence-electron chi connectivity index (χ4n) is 1.79. The van der Waals surface area contributed by atoms with Crippen molar-refractivity contribution in [2.75, 3.05) is 17.3 Å². The number of aromatic nitrogens is 1. The number of anilines is 2. The van der Waals surface area contributed by atoms with Crippen molar-refractivity contribution in [3.63, 3.8) is 0 Å². The lowest BCUT2D eigenvalue weighted by molar-refractivity contribution is 0.309. The quantitative estimate of drug-likeness (QED) is 0.782. The van der Waals surface area contributed by atoms with Gasteiger partial charge in [-0.25, -0.2) is 0 Å². The molecule has 0 aromatic carbocycles. The van der Waals surface area contributed by atoms with Gasteiger partial charge in [-0.3, -0.25) is 0 Å². The Hall–Kier alpha value is -0.420. The molecule has 1 fully saturated rings. The highest BCUT2D eigenvalue weighted by Crippen LogP contribution is 2.38. The molecule has 14 heavy (non-hydrogen) atoms. The monoisotopic (exact) mass is 229 g/mol. The summed E-state index contributed by atoms with van der Waals surface area (Å²) < 4.78 is 4.15. The molecule has 1 aromatic rings. The van der Waals surface area contributed by atoms with Crippen molar-refractivity contribution < 1.29 is 0 Å². The number of nitrogens with zero attached hydrogens (tertiary/aromatic N) is 1. The molecule has 1 heterocycles. The summed E-state index contributed by atoms with van der Waals surface area (Å²) in [4.78, 5) is 1.11. The number of rotatable bonds is 3. The zero-order valence-corrected chi connectivity index (χ0v) is 10.0. The summed E-state index contributed by atoms with van der Waals surface area (Å²) in [5.41, 5.74) is 5.75. The minimum Gasteiger partial charge on any atom is -0.382 e. The number of nitrogens with one attached hydrogen (secondary N) is 1. The first-order valence-corrected chi connectivity index (χ1v) is 6.76. The molecule has 0 radical (unpaired) electrons. The normalized spacial score (nSPS) is 25.9. The minimum atomic E-state index is 0.635. The Balaban J connectivity index is 2.02. The smallest absolute Gasteiger partial charge is 0.153 e. The van der Waals surface area contributed by atoms with Crippen molar-refractivity contribution in [2.24, 2.45) is 5.92 Å². The molecule has 0 unspecified atom stereocenters. The Morgan fingerprint density at radius 3 is 2.86 bits per heavy atom. The van der Waals surface area contributed by atoms with Gasteiger partial charge in [0.2, 0.25) is 0 Å². The maximum atomic E-state index is 5.75. The number of nitrogen functional groups attached to an aromatic ring is 1. The highest BCUT2D eigenvalue weighted by molar-refractivity contribution is 7.99. The third-order valence-corrected chi connectivity index (χ3v) is 4.33. The summed E-state index contributed by atoms with van der Waals surface area (Å²) in [7, 11) is 0. The molecule has 0 aliphatic heterocycles. The summed E-state index contributed by atoms with van der Waals surface area (Å²) in [6.45, 7) is 2.29.